The van der Waals surface area contributed by atoms with Gasteiger partial charge in [0.25, 0.3) is 5.56 Å². The Labute approximate surface area is 127 Å². The van der Waals surface area contributed by atoms with E-state index in [4.69, 9.17) is 11.6 Å². The molecule has 0 saturated heterocycles. The minimum Gasteiger partial charge on any atom is -0.287 e. The highest BCUT2D eigenvalue weighted by molar-refractivity contribution is 7.99. The van der Waals surface area contributed by atoms with Crippen LogP contribution in [0.2, 0.25) is 0 Å². The van der Waals surface area contributed by atoms with Gasteiger partial charge in [-0.3, -0.25) is 9.36 Å². The molecule has 0 aliphatic rings. The lowest BCUT2D eigenvalue weighted by molar-refractivity contribution is 0.558. The molecule has 5 heteroatoms. The van der Waals surface area contributed by atoms with Crippen molar-refractivity contribution >= 4 is 34.3 Å². The minimum absolute atomic E-state index is 0.0201. The zero-order valence-electron chi connectivity index (χ0n) is 11.4. The van der Waals surface area contributed by atoms with E-state index in [1.165, 1.54) is 11.8 Å². The third-order valence-electron chi connectivity index (χ3n) is 2.92. The van der Waals surface area contributed by atoms with Gasteiger partial charge < -0.3 is 0 Å². The third kappa shape index (κ3) is 3.44. The maximum absolute atomic E-state index is 12.6. The summed E-state index contributed by atoms with van der Waals surface area (Å²) >= 11 is 7.27. The Morgan fingerprint density at radius 3 is 2.90 bits per heavy atom. The van der Waals surface area contributed by atoms with Crippen LogP contribution in [0.1, 0.15) is 19.8 Å². The molecule has 0 unspecified atom stereocenters. The molecule has 0 atom stereocenters. The first kappa shape index (κ1) is 15.1. The molecule has 1 heterocycles. The molecule has 3 nitrogen and oxygen atoms in total. The molecule has 1 aromatic heterocycles. The van der Waals surface area contributed by atoms with Crippen LogP contribution >= 0.6 is 23.4 Å². The summed E-state index contributed by atoms with van der Waals surface area (Å²) in [7, 11) is 0. The molecule has 0 fully saturated rings. The third-order valence-corrected chi connectivity index (χ3v) is 4.27. The Hall–Kier alpha value is -1.26. The Kier molecular flexibility index (Phi) is 5.26. The molecule has 0 aliphatic carbocycles. The Bertz CT molecular complexity index is 681. The molecular weight excluding hydrogens is 292 g/mol. The van der Waals surface area contributed by atoms with Gasteiger partial charge >= 0.3 is 0 Å². The highest BCUT2D eigenvalue weighted by Gasteiger charge is 2.11. The lowest BCUT2D eigenvalue weighted by Gasteiger charge is -2.12. The normalized spacial score (nSPS) is 10.9. The maximum atomic E-state index is 12.6. The summed E-state index contributed by atoms with van der Waals surface area (Å²) < 4.78 is 1.75. The Balaban J connectivity index is 2.51. The number of unbranched alkanes of at least 4 members (excludes halogenated alkanes) is 1. The van der Waals surface area contributed by atoms with Crippen LogP contribution in [0.3, 0.4) is 0 Å². The van der Waals surface area contributed by atoms with E-state index >= 15 is 0 Å². The van der Waals surface area contributed by atoms with Crippen LogP contribution in [0.4, 0.5) is 0 Å². The number of halogens is 1. The van der Waals surface area contributed by atoms with Crippen molar-refractivity contribution in [2.45, 2.75) is 31.5 Å². The van der Waals surface area contributed by atoms with Gasteiger partial charge in [0.1, 0.15) is 0 Å². The maximum Gasteiger partial charge on any atom is 0.262 e. The fourth-order valence-electron chi connectivity index (χ4n) is 1.91. The molecule has 0 amide bonds. The molecule has 0 saturated carbocycles. The standard InChI is InChI=1S/C15H17ClN2OS/c1-3-4-9-18-14(19)12-7-5-6-8-13(12)17-15(18)20-10-11(2)16/h5-8H,2-4,9-10H2,1H3. The molecule has 0 radical (unpaired) electrons. The number of fused-ring (bicyclic) bond motifs is 1. The van der Waals surface area contributed by atoms with E-state index in [0.29, 0.717) is 27.9 Å². The van der Waals surface area contributed by atoms with E-state index in [9.17, 15) is 4.79 Å². The van der Waals surface area contributed by atoms with Gasteiger partial charge in [0.05, 0.1) is 10.9 Å². The molecule has 1 aromatic carbocycles. The largest absolute Gasteiger partial charge is 0.287 e. The van der Waals surface area contributed by atoms with Gasteiger partial charge in [-0.05, 0) is 18.6 Å². The summed E-state index contributed by atoms with van der Waals surface area (Å²) in [6, 6.07) is 7.44. The summed E-state index contributed by atoms with van der Waals surface area (Å²) in [6.45, 7) is 6.47. The fraction of sp³-hybridized carbons (Fsp3) is 0.333. The van der Waals surface area contributed by atoms with Crippen molar-refractivity contribution in [2.75, 3.05) is 5.75 Å². The second-order valence-corrected chi connectivity index (χ2v) is 6.00. The summed E-state index contributed by atoms with van der Waals surface area (Å²) in [5.74, 6) is 0.554. The van der Waals surface area contributed by atoms with E-state index in [2.05, 4.69) is 18.5 Å². The second kappa shape index (κ2) is 6.95. The molecule has 106 valence electrons. The molecule has 0 aliphatic heterocycles. The Morgan fingerprint density at radius 1 is 1.45 bits per heavy atom. The predicted octanol–water partition coefficient (Wildman–Crippen LogP) is 4.04. The van der Waals surface area contributed by atoms with E-state index in [0.717, 1.165) is 18.4 Å². The average molecular weight is 309 g/mol. The van der Waals surface area contributed by atoms with Gasteiger partial charge in [-0.2, -0.15) is 0 Å². The number of aromatic nitrogens is 2. The molecule has 2 rings (SSSR count). The lowest BCUT2D eigenvalue weighted by Crippen LogP contribution is -2.23. The molecule has 2 aromatic rings. The minimum atomic E-state index is 0.0201. The highest BCUT2D eigenvalue weighted by atomic mass is 35.5. The summed E-state index contributed by atoms with van der Waals surface area (Å²) in [4.78, 5) is 17.1. The average Bonchev–Trinajstić information content (AvgIpc) is 2.44. The number of rotatable bonds is 6. The lowest BCUT2D eigenvalue weighted by atomic mass is 10.2. The van der Waals surface area contributed by atoms with Crippen molar-refractivity contribution < 1.29 is 0 Å². The van der Waals surface area contributed by atoms with Crippen LogP contribution in [0, 0.1) is 0 Å². The second-order valence-electron chi connectivity index (χ2n) is 4.53. The topological polar surface area (TPSA) is 34.9 Å². The number of hydrogen-bond donors (Lipinski definition) is 0. The summed E-state index contributed by atoms with van der Waals surface area (Å²) in [5, 5.41) is 1.93. The summed E-state index contributed by atoms with van der Waals surface area (Å²) in [6.07, 6.45) is 1.99. The molecule has 0 spiro atoms. The number of thioether (sulfide) groups is 1. The molecule has 0 N–H and O–H groups in total. The zero-order chi connectivity index (χ0) is 14.5. The van der Waals surface area contributed by atoms with Gasteiger partial charge in [0, 0.05) is 17.3 Å². The highest BCUT2D eigenvalue weighted by Crippen LogP contribution is 2.21. The van der Waals surface area contributed by atoms with Gasteiger partial charge in [0.15, 0.2) is 5.16 Å². The van der Waals surface area contributed by atoms with Crippen LogP contribution in [0.25, 0.3) is 10.9 Å². The van der Waals surface area contributed by atoms with Crippen LogP contribution < -0.4 is 5.56 Å². The van der Waals surface area contributed by atoms with Crippen LogP contribution in [0.15, 0.2) is 45.8 Å². The van der Waals surface area contributed by atoms with E-state index in [-0.39, 0.29) is 5.56 Å². The van der Waals surface area contributed by atoms with Crippen molar-refractivity contribution in [3.8, 4) is 0 Å². The van der Waals surface area contributed by atoms with Crippen molar-refractivity contribution in [1.82, 2.24) is 9.55 Å². The molecule has 0 bridgehead atoms. The van der Waals surface area contributed by atoms with Crippen molar-refractivity contribution in [1.29, 1.82) is 0 Å². The van der Waals surface area contributed by atoms with Crippen LogP contribution in [0.5, 0.6) is 0 Å². The first-order chi connectivity index (χ1) is 9.63. The van der Waals surface area contributed by atoms with Crippen LogP contribution in [-0.2, 0) is 6.54 Å². The molecule has 20 heavy (non-hydrogen) atoms. The monoisotopic (exact) mass is 308 g/mol. The number of hydrogen-bond acceptors (Lipinski definition) is 3. The number of nitrogens with zero attached hydrogens (tertiary/aromatic N) is 2. The quantitative estimate of drug-likeness (QED) is 0.596. The van der Waals surface area contributed by atoms with Gasteiger partial charge in [-0.15, -0.1) is 0 Å². The van der Waals surface area contributed by atoms with Crippen LogP contribution in [-0.4, -0.2) is 15.3 Å². The van der Waals surface area contributed by atoms with Crippen molar-refractivity contribution in [3.63, 3.8) is 0 Å². The van der Waals surface area contributed by atoms with Crippen molar-refractivity contribution in [2.24, 2.45) is 0 Å². The molecular formula is C15H17ClN2OS. The first-order valence-corrected chi connectivity index (χ1v) is 7.95. The van der Waals surface area contributed by atoms with E-state index in [1.807, 2.05) is 24.3 Å². The summed E-state index contributed by atoms with van der Waals surface area (Å²) in [5.41, 5.74) is 0.750. The predicted molar refractivity (Wildman–Crippen MR) is 86.6 cm³/mol. The number of para-hydroxylation sites is 1. The number of benzene rings is 1. The smallest absolute Gasteiger partial charge is 0.262 e. The first-order valence-electron chi connectivity index (χ1n) is 6.59. The van der Waals surface area contributed by atoms with E-state index in [1.54, 1.807) is 4.57 Å². The van der Waals surface area contributed by atoms with Gasteiger partial charge in [-0.1, -0.05) is 55.4 Å². The van der Waals surface area contributed by atoms with Crippen molar-refractivity contribution in [3.05, 3.63) is 46.2 Å². The fourth-order valence-corrected chi connectivity index (χ4v) is 2.86. The van der Waals surface area contributed by atoms with Gasteiger partial charge in [-0.25, -0.2) is 4.98 Å². The van der Waals surface area contributed by atoms with Gasteiger partial charge in [0.2, 0.25) is 0 Å². The zero-order valence-corrected chi connectivity index (χ0v) is 13.0. The SMILES string of the molecule is C=C(Cl)CSc1nc2ccccc2c(=O)n1CCCC. The Morgan fingerprint density at radius 2 is 2.20 bits per heavy atom. The van der Waals surface area contributed by atoms with E-state index < -0.39 is 0 Å².